The molecule has 108 valence electrons. The summed E-state index contributed by atoms with van der Waals surface area (Å²) in [6, 6.07) is 13.4. The molecule has 2 N–H and O–H groups in total. The first-order chi connectivity index (χ1) is 10.1. The Morgan fingerprint density at radius 1 is 1.19 bits per heavy atom. The van der Waals surface area contributed by atoms with Gasteiger partial charge in [0.15, 0.2) is 0 Å². The summed E-state index contributed by atoms with van der Waals surface area (Å²) in [4.78, 5) is 16.6. The topological polar surface area (TPSA) is 49.6 Å². The van der Waals surface area contributed by atoms with Crippen LogP contribution in [0.5, 0.6) is 0 Å². The van der Waals surface area contributed by atoms with E-state index < -0.39 is 0 Å². The van der Waals surface area contributed by atoms with E-state index >= 15 is 0 Å². The van der Waals surface area contributed by atoms with Crippen LogP contribution in [-0.2, 0) is 6.42 Å². The molecule has 2 aromatic rings. The molecule has 2 aromatic carbocycles. The van der Waals surface area contributed by atoms with Crippen molar-refractivity contribution in [3.8, 4) is 0 Å². The monoisotopic (exact) mass is 281 g/mol. The quantitative estimate of drug-likeness (QED) is 0.861. The van der Waals surface area contributed by atoms with Crippen LogP contribution < -0.4 is 15.5 Å². The molecule has 3 rings (SSSR count). The van der Waals surface area contributed by atoms with Crippen LogP contribution in [0.1, 0.15) is 15.9 Å². The molecular weight excluding hydrogens is 262 g/mol. The van der Waals surface area contributed by atoms with Gasteiger partial charge >= 0.3 is 0 Å². The van der Waals surface area contributed by atoms with E-state index in [1.54, 1.807) is 0 Å². The van der Waals surface area contributed by atoms with Crippen LogP contribution >= 0.6 is 0 Å². The number of hydrogen-bond donors (Lipinski definition) is 1. The number of nitrogens with zero attached hydrogens (tertiary/aromatic N) is 2. The van der Waals surface area contributed by atoms with Gasteiger partial charge in [0, 0.05) is 43.3 Å². The fraction of sp³-hybridized carbons (Fsp3) is 0.235. The fourth-order valence-corrected chi connectivity index (χ4v) is 2.71. The van der Waals surface area contributed by atoms with E-state index in [9.17, 15) is 4.79 Å². The second kappa shape index (κ2) is 5.13. The highest BCUT2D eigenvalue weighted by Crippen LogP contribution is 2.31. The summed E-state index contributed by atoms with van der Waals surface area (Å²) < 4.78 is 0. The molecule has 0 radical (unpaired) electrons. The summed E-state index contributed by atoms with van der Waals surface area (Å²) in [5.41, 5.74) is 10.4. The summed E-state index contributed by atoms with van der Waals surface area (Å²) in [6.07, 6.45) is 0.861. The van der Waals surface area contributed by atoms with Crippen molar-refractivity contribution in [3.05, 3.63) is 53.6 Å². The molecule has 0 bridgehead atoms. The molecule has 0 fully saturated rings. The summed E-state index contributed by atoms with van der Waals surface area (Å²) in [5, 5.41) is 0. The normalized spacial score (nSPS) is 13.1. The zero-order valence-electron chi connectivity index (χ0n) is 12.3. The van der Waals surface area contributed by atoms with Crippen molar-refractivity contribution in [2.24, 2.45) is 0 Å². The van der Waals surface area contributed by atoms with Gasteiger partial charge in [-0.3, -0.25) is 4.79 Å². The van der Waals surface area contributed by atoms with Gasteiger partial charge in [-0.25, -0.2) is 0 Å². The summed E-state index contributed by atoms with van der Waals surface area (Å²) in [6.45, 7) is 0.712. The van der Waals surface area contributed by atoms with E-state index in [1.165, 1.54) is 0 Å². The predicted molar refractivity (Wildman–Crippen MR) is 87.0 cm³/mol. The average molecular weight is 281 g/mol. The molecule has 0 aliphatic carbocycles. The molecule has 4 heteroatoms. The van der Waals surface area contributed by atoms with Crippen molar-refractivity contribution in [2.75, 3.05) is 36.2 Å². The van der Waals surface area contributed by atoms with Gasteiger partial charge in [-0.15, -0.1) is 0 Å². The van der Waals surface area contributed by atoms with Crippen molar-refractivity contribution in [1.82, 2.24) is 0 Å². The third-order valence-electron chi connectivity index (χ3n) is 3.85. The molecule has 1 aliphatic heterocycles. The van der Waals surface area contributed by atoms with E-state index in [0.29, 0.717) is 12.1 Å². The first kappa shape index (κ1) is 13.5. The summed E-state index contributed by atoms with van der Waals surface area (Å²) in [7, 11) is 3.94. The number of benzene rings is 2. The highest BCUT2D eigenvalue weighted by molar-refractivity contribution is 6.07. The lowest BCUT2D eigenvalue weighted by Gasteiger charge is -2.19. The lowest BCUT2D eigenvalue weighted by atomic mass is 10.1. The number of nitrogen functional groups attached to an aromatic ring is 1. The summed E-state index contributed by atoms with van der Waals surface area (Å²) >= 11 is 0. The van der Waals surface area contributed by atoms with Crippen molar-refractivity contribution < 1.29 is 4.79 Å². The lowest BCUT2D eigenvalue weighted by Crippen LogP contribution is -2.29. The highest BCUT2D eigenvalue weighted by Gasteiger charge is 2.25. The van der Waals surface area contributed by atoms with Crippen molar-refractivity contribution >= 4 is 23.0 Å². The van der Waals surface area contributed by atoms with Gasteiger partial charge in [0.05, 0.1) is 0 Å². The first-order valence-corrected chi connectivity index (χ1v) is 7.04. The Labute approximate surface area is 124 Å². The minimum atomic E-state index is 0.0437. The van der Waals surface area contributed by atoms with Gasteiger partial charge in [0.2, 0.25) is 0 Å². The van der Waals surface area contributed by atoms with E-state index in [2.05, 4.69) is 0 Å². The predicted octanol–water partition coefficient (Wildman–Crippen LogP) is 2.54. The maximum Gasteiger partial charge on any atom is 0.258 e. The molecule has 0 atom stereocenters. The standard InChI is InChI=1S/C17H19N3O/c1-19(2)15-5-3-4-13(11-15)17(21)20-9-8-12-10-14(18)6-7-16(12)20/h3-7,10-11H,8-9,18H2,1-2H3. The Morgan fingerprint density at radius 3 is 2.76 bits per heavy atom. The number of carbonyl (C=O) groups is 1. The molecule has 0 saturated heterocycles. The average Bonchev–Trinajstić information content (AvgIpc) is 2.89. The molecule has 0 saturated carbocycles. The number of hydrogen-bond acceptors (Lipinski definition) is 3. The van der Waals surface area contributed by atoms with Gasteiger partial charge in [0.1, 0.15) is 0 Å². The number of amides is 1. The molecule has 0 spiro atoms. The molecule has 1 aliphatic rings. The van der Waals surface area contributed by atoms with Crippen molar-refractivity contribution in [2.45, 2.75) is 6.42 Å². The second-order valence-electron chi connectivity index (χ2n) is 5.54. The number of nitrogens with two attached hydrogens (primary N) is 1. The molecule has 1 heterocycles. The van der Waals surface area contributed by atoms with Crippen LogP contribution in [0.25, 0.3) is 0 Å². The van der Waals surface area contributed by atoms with Crippen LogP contribution in [0.2, 0.25) is 0 Å². The summed E-state index contributed by atoms with van der Waals surface area (Å²) in [5.74, 6) is 0.0437. The molecular formula is C17H19N3O. The second-order valence-corrected chi connectivity index (χ2v) is 5.54. The third-order valence-corrected chi connectivity index (χ3v) is 3.85. The first-order valence-electron chi connectivity index (χ1n) is 7.04. The van der Waals surface area contributed by atoms with E-state index in [0.717, 1.165) is 29.0 Å². The van der Waals surface area contributed by atoms with E-state index in [1.807, 2.05) is 66.4 Å². The number of anilines is 3. The van der Waals surface area contributed by atoms with Gasteiger partial charge in [-0.1, -0.05) is 6.07 Å². The lowest BCUT2D eigenvalue weighted by molar-refractivity contribution is 0.0989. The van der Waals surface area contributed by atoms with Crippen LogP contribution in [-0.4, -0.2) is 26.5 Å². The van der Waals surface area contributed by atoms with Gasteiger partial charge in [-0.05, 0) is 48.4 Å². The van der Waals surface area contributed by atoms with Gasteiger partial charge in [-0.2, -0.15) is 0 Å². The van der Waals surface area contributed by atoms with Gasteiger partial charge in [0.25, 0.3) is 5.91 Å². The number of rotatable bonds is 2. The van der Waals surface area contributed by atoms with Crippen LogP contribution in [0.3, 0.4) is 0 Å². The molecule has 4 nitrogen and oxygen atoms in total. The maximum atomic E-state index is 12.7. The minimum absolute atomic E-state index is 0.0437. The zero-order chi connectivity index (χ0) is 15.0. The Kier molecular flexibility index (Phi) is 3.29. The smallest absolute Gasteiger partial charge is 0.258 e. The molecule has 0 unspecified atom stereocenters. The number of carbonyl (C=O) groups excluding carboxylic acids is 1. The van der Waals surface area contributed by atoms with E-state index in [4.69, 9.17) is 5.73 Å². The van der Waals surface area contributed by atoms with Crippen LogP contribution in [0.15, 0.2) is 42.5 Å². The SMILES string of the molecule is CN(C)c1cccc(C(=O)N2CCc3cc(N)ccc32)c1. The van der Waals surface area contributed by atoms with Gasteiger partial charge < -0.3 is 15.5 Å². The fourth-order valence-electron chi connectivity index (χ4n) is 2.71. The number of fused-ring (bicyclic) bond motifs is 1. The Bertz CT molecular complexity index is 694. The van der Waals surface area contributed by atoms with Crippen LogP contribution in [0.4, 0.5) is 17.1 Å². The van der Waals surface area contributed by atoms with Crippen molar-refractivity contribution in [3.63, 3.8) is 0 Å². The Morgan fingerprint density at radius 2 is 2.00 bits per heavy atom. The zero-order valence-corrected chi connectivity index (χ0v) is 12.3. The van der Waals surface area contributed by atoms with Crippen molar-refractivity contribution in [1.29, 1.82) is 0 Å². The highest BCUT2D eigenvalue weighted by atomic mass is 16.2. The Hall–Kier alpha value is -2.49. The largest absolute Gasteiger partial charge is 0.399 e. The molecule has 21 heavy (non-hydrogen) atoms. The third kappa shape index (κ3) is 2.44. The molecule has 1 amide bonds. The minimum Gasteiger partial charge on any atom is -0.399 e. The Balaban J connectivity index is 1.93. The van der Waals surface area contributed by atoms with E-state index in [-0.39, 0.29) is 5.91 Å². The van der Waals surface area contributed by atoms with Crippen LogP contribution in [0, 0.1) is 0 Å². The maximum absolute atomic E-state index is 12.7. The molecule has 0 aromatic heterocycles.